The lowest BCUT2D eigenvalue weighted by Gasteiger charge is -2.39. The Bertz CT molecular complexity index is 211. The zero-order chi connectivity index (χ0) is 13.4. The van der Waals surface area contributed by atoms with Gasteiger partial charge in [-0.1, -0.05) is 38.5 Å². The van der Waals surface area contributed by atoms with Gasteiger partial charge >= 0.3 is 6.16 Å². The van der Waals surface area contributed by atoms with Gasteiger partial charge in [0.05, 0.1) is 0 Å². The minimum Gasteiger partial charge on any atom is -0.450 e. The fourth-order valence-electron chi connectivity index (χ4n) is 3.27. The van der Waals surface area contributed by atoms with Crippen molar-refractivity contribution in [2.75, 3.05) is 7.05 Å². The summed E-state index contributed by atoms with van der Waals surface area (Å²) in [6, 6.07) is 1.85. The van der Waals surface area contributed by atoms with Crippen LogP contribution in [0.4, 0.5) is 4.79 Å². The van der Waals surface area contributed by atoms with E-state index < -0.39 is 6.16 Å². The van der Waals surface area contributed by atoms with Crippen molar-refractivity contribution >= 4 is 6.16 Å². The van der Waals surface area contributed by atoms with Crippen LogP contribution in [0.15, 0.2) is 0 Å². The van der Waals surface area contributed by atoms with Crippen LogP contribution in [-0.2, 0) is 0 Å². The number of carbonyl (C=O) groups is 1. The van der Waals surface area contributed by atoms with Crippen LogP contribution < -0.4 is 0 Å². The number of carboxylic acid groups (broad SMARTS) is 2. The quantitative estimate of drug-likeness (QED) is 0.789. The molecule has 2 aliphatic rings. The average molecular weight is 257 g/mol. The third-order valence-corrected chi connectivity index (χ3v) is 4.30. The van der Waals surface area contributed by atoms with Crippen LogP contribution in [0.25, 0.3) is 0 Å². The number of hydrogen-bond acceptors (Lipinski definition) is 2. The Morgan fingerprint density at radius 3 is 1.39 bits per heavy atom. The third-order valence-electron chi connectivity index (χ3n) is 4.30. The summed E-state index contributed by atoms with van der Waals surface area (Å²) in [4.78, 5) is 11.3. The van der Waals surface area contributed by atoms with E-state index in [1.807, 2.05) is 0 Å². The number of hydrogen-bond donors (Lipinski definition) is 2. The molecule has 0 amide bonds. The van der Waals surface area contributed by atoms with Crippen molar-refractivity contribution in [1.29, 1.82) is 0 Å². The van der Waals surface area contributed by atoms with Crippen LogP contribution >= 0.6 is 0 Å². The molecular weight excluding hydrogens is 230 g/mol. The first-order chi connectivity index (χ1) is 8.61. The normalized spacial score (nSPS) is 22.3. The first-order valence-corrected chi connectivity index (χ1v) is 7.25. The second-order valence-corrected chi connectivity index (χ2v) is 5.53. The van der Waals surface area contributed by atoms with Crippen molar-refractivity contribution < 1.29 is 15.0 Å². The predicted octanol–water partition coefficient (Wildman–Crippen LogP) is 3.81. The molecule has 0 unspecified atom stereocenters. The molecule has 0 spiro atoms. The molecule has 4 nitrogen and oxygen atoms in total. The zero-order valence-corrected chi connectivity index (χ0v) is 11.5. The van der Waals surface area contributed by atoms with E-state index in [1.165, 1.54) is 64.2 Å². The summed E-state index contributed by atoms with van der Waals surface area (Å²) in [7, 11) is 2.38. The van der Waals surface area contributed by atoms with Gasteiger partial charge in [0.2, 0.25) is 0 Å². The molecule has 0 bridgehead atoms. The molecule has 2 saturated carbocycles. The summed E-state index contributed by atoms with van der Waals surface area (Å²) in [6.07, 6.45) is 12.9. The van der Waals surface area contributed by atoms with Crippen LogP contribution in [0, 0.1) is 0 Å². The van der Waals surface area contributed by atoms with Crippen molar-refractivity contribution in [3.63, 3.8) is 0 Å². The standard InChI is InChI=1S/C13H25N.CH2O3/c1-14(12-8-4-2-5-9-12)13-10-6-3-7-11-13;2-1(3)4/h12-13H,2-11H2,1H3;(H2,2,3,4). The number of nitrogens with zero attached hydrogens (tertiary/aromatic N) is 1. The van der Waals surface area contributed by atoms with Crippen LogP contribution in [0.3, 0.4) is 0 Å². The van der Waals surface area contributed by atoms with Gasteiger partial charge < -0.3 is 15.1 Å². The molecule has 18 heavy (non-hydrogen) atoms. The van der Waals surface area contributed by atoms with E-state index in [1.54, 1.807) is 0 Å². The Hall–Kier alpha value is -0.770. The van der Waals surface area contributed by atoms with Gasteiger partial charge in [-0.2, -0.15) is 0 Å². The molecule has 0 aromatic heterocycles. The van der Waals surface area contributed by atoms with E-state index in [0.717, 1.165) is 12.1 Å². The van der Waals surface area contributed by atoms with E-state index in [4.69, 9.17) is 15.0 Å². The van der Waals surface area contributed by atoms with Gasteiger partial charge in [-0.05, 0) is 32.7 Å². The van der Waals surface area contributed by atoms with Crippen molar-refractivity contribution in [2.24, 2.45) is 0 Å². The average Bonchev–Trinajstić information content (AvgIpc) is 2.39. The maximum absolute atomic E-state index is 8.56. The Morgan fingerprint density at radius 2 is 1.11 bits per heavy atom. The summed E-state index contributed by atoms with van der Waals surface area (Å²) in [5.41, 5.74) is 0. The van der Waals surface area contributed by atoms with Crippen molar-refractivity contribution in [2.45, 2.75) is 76.3 Å². The van der Waals surface area contributed by atoms with E-state index >= 15 is 0 Å². The molecule has 2 fully saturated rings. The molecule has 2 rings (SSSR count). The molecule has 0 radical (unpaired) electrons. The summed E-state index contributed by atoms with van der Waals surface area (Å²) in [6.45, 7) is 0. The molecule has 0 aromatic rings. The highest BCUT2D eigenvalue weighted by atomic mass is 16.6. The minimum absolute atomic E-state index is 0.923. The maximum atomic E-state index is 8.56. The van der Waals surface area contributed by atoms with Crippen molar-refractivity contribution in [1.82, 2.24) is 4.90 Å². The highest BCUT2D eigenvalue weighted by molar-refractivity contribution is 5.53. The first-order valence-electron chi connectivity index (χ1n) is 7.25. The zero-order valence-electron chi connectivity index (χ0n) is 11.5. The molecule has 0 atom stereocenters. The lowest BCUT2D eigenvalue weighted by Crippen LogP contribution is -2.42. The van der Waals surface area contributed by atoms with Gasteiger partial charge in [-0.25, -0.2) is 4.79 Å². The monoisotopic (exact) mass is 257 g/mol. The molecular formula is C14H27NO3. The molecule has 0 aromatic carbocycles. The Morgan fingerprint density at radius 1 is 0.833 bits per heavy atom. The van der Waals surface area contributed by atoms with Gasteiger partial charge in [0.15, 0.2) is 0 Å². The van der Waals surface area contributed by atoms with Crippen molar-refractivity contribution in [3.05, 3.63) is 0 Å². The van der Waals surface area contributed by atoms with Crippen molar-refractivity contribution in [3.8, 4) is 0 Å². The second kappa shape index (κ2) is 8.35. The topological polar surface area (TPSA) is 60.8 Å². The highest BCUT2D eigenvalue weighted by Crippen LogP contribution is 2.28. The Balaban J connectivity index is 0.000000357. The predicted molar refractivity (Wildman–Crippen MR) is 72.2 cm³/mol. The van der Waals surface area contributed by atoms with Crippen LogP contribution in [-0.4, -0.2) is 40.4 Å². The largest absolute Gasteiger partial charge is 0.503 e. The van der Waals surface area contributed by atoms with E-state index in [2.05, 4.69) is 11.9 Å². The van der Waals surface area contributed by atoms with Crippen LogP contribution in [0.1, 0.15) is 64.2 Å². The van der Waals surface area contributed by atoms with Gasteiger partial charge in [0.25, 0.3) is 0 Å². The molecule has 106 valence electrons. The SMILES string of the molecule is CN(C1CCCCC1)C1CCCCC1.O=C(O)O. The van der Waals surface area contributed by atoms with Crippen LogP contribution in [0.5, 0.6) is 0 Å². The lowest BCUT2D eigenvalue weighted by atomic mass is 9.89. The molecule has 0 heterocycles. The van der Waals surface area contributed by atoms with Gasteiger partial charge in [0, 0.05) is 12.1 Å². The maximum Gasteiger partial charge on any atom is 0.503 e. The number of rotatable bonds is 2. The summed E-state index contributed by atoms with van der Waals surface area (Å²) < 4.78 is 0. The summed E-state index contributed by atoms with van der Waals surface area (Å²) >= 11 is 0. The van der Waals surface area contributed by atoms with E-state index in [0.29, 0.717) is 0 Å². The smallest absolute Gasteiger partial charge is 0.450 e. The highest BCUT2D eigenvalue weighted by Gasteiger charge is 2.25. The summed E-state index contributed by atoms with van der Waals surface area (Å²) in [5, 5.41) is 13.9. The Kier molecular flexibility index (Phi) is 7.09. The lowest BCUT2D eigenvalue weighted by molar-refractivity contribution is 0.111. The molecule has 0 saturated heterocycles. The molecule has 4 heteroatoms. The fraction of sp³-hybridized carbons (Fsp3) is 0.929. The van der Waals surface area contributed by atoms with Crippen LogP contribution in [0.2, 0.25) is 0 Å². The molecule has 2 aliphatic carbocycles. The Labute approximate surface area is 110 Å². The van der Waals surface area contributed by atoms with E-state index in [-0.39, 0.29) is 0 Å². The minimum atomic E-state index is -1.83. The fourth-order valence-corrected chi connectivity index (χ4v) is 3.27. The molecule has 0 aliphatic heterocycles. The molecule has 2 N–H and O–H groups in total. The van der Waals surface area contributed by atoms with Gasteiger partial charge in [-0.15, -0.1) is 0 Å². The first kappa shape index (κ1) is 15.3. The van der Waals surface area contributed by atoms with Gasteiger partial charge in [-0.3, -0.25) is 0 Å². The summed E-state index contributed by atoms with van der Waals surface area (Å²) in [5.74, 6) is 0. The second-order valence-electron chi connectivity index (χ2n) is 5.53. The van der Waals surface area contributed by atoms with E-state index in [9.17, 15) is 0 Å². The third kappa shape index (κ3) is 5.71. The van der Waals surface area contributed by atoms with Gasteiger partial charge in [0.1, 0.15) is 0 Å².